The lowest BCUT2D eigenvalue weighted by Crippen LogP contribution is -2.29. The zero-order valence-electron chi connectivity index (χ0n) is 12.7. The number of aliphatic hydroxyl groups excluding tert-OH is 1. The molecule has 2 aromatic rings. The maximum Gasteiger partial charge on any atom is 0.123 e. The van der Waals surface area contributed by atoms with E-state index in [4.69, 9.17) is 0 Å². The molecule has 0 aliphatic heterocycles. The van der Waals surface area contributed by atoms with E-state index in [9.17, 15) is 14.6 Å². The first-order valence-electron chi connectivity index (χ1n) is 7.43. The average Bonchev–Trinajstić information content (AvgIpc) is 2.51. The highest BCUT2D eigenvalue weighted by molar-refractivity contribution is 5.32. The highest BCUT2D eigenvalue weighted by Gasteiger charge is 2.13. The van der Waals surface area contributed by atoms with Crippen molar-refractivity contribution in [3.63, 3.8) is 0 Å². The Balaban J connectivity index is 2.15. The summed E-state index contributed by atoms with van der Waals surface area (Å²) in [5.41, 5.74) is 1.70. The molecule has 0 saturated carbocycles. The third-order valence-electron chi connectivity index (χ3n) is 3.57. The van der Waals surface area contributed by atoms with E-state index >= 15 is 0 Å². The Kier molecular flexibility index (Phi) is 5.92. The average molecular weight is 303 g/mol. The van der Waals surface area contributed by atoms with E-state index in [1.807, 2.05) is 37.3 Å². The second-order valence-electron chi connectivity index (χ2n) is 5.72. The SMILES string of the molecule is C[C@H](CO)CN(Cc1ccccc1)Cc1cc(F)ccc1O. The van der Waals surface area contributed by atoms with Crippen molar-refractivity contribution in [3.8, 4) is 5.75 Å². The van der Waals surface area contributed by atoms with Crippen molar-refractivity contribution in [3.05, 3.63) is 65.5 Å². The van der Waals surface area contributed by atoms with Gasteiger partial charge >= 0.3 is 0 Å². The van der Waals surface area contributed by atoms with Crippen LogP contribution in [0.25, 0.3) is 0 Å². The Morgan fingerprint density at radius 2 is 1.82 bits per heavy atom. The molecule has 0 spiro atoms. The number of halogens is 1. The lowest BCUT2D eigenvalue weighted by Gasteiger charge is -2.25. The van der Waals surface area contributed by atoms with Crippen LogP contribution in [0.3, 0.4) is 0 Å². The molecule has 0 heterocycles. The molecule has 4 heteroatoms. The predicted octanol–water partition coefficient (Wildman–Crippen LogP) is 3.16. The maximum absolute atomic E-state index is 13.4. The molecule has 0 amide bonds. The summed E-state index contributed by atoms with van der Waals surface area (Å²) in [6.45, 7) is 3.84. The van der Waals surface area contributed by atoms with Gasteiger partial charge in [-0.2, -0.15) is 0 Å². The number of nitrogens with zero attached hydrogens (tertiary/aromatic N) is 1. The standard InChI is InChI=1S/C18H22FNO2/c1-14(13-21)10-20(11-15-5-3-2-4-6-15)12-16-9-17(19)7-8-18(16)22/h2-9,14,21-22H,10-13H2,1H3/t14-/m0/s1. The van der Waals surface area contributed by atoms with Crippen LogP contribution in [0.1, 0.15) is 18.1 Å². The van der Waals surface area contributed by atoms with Crippen LogP contribution in [0.4, 0.5) is 4.39 Å². The second-order valence-corrected chi connectivity index (χ2v) is 5.72. The summed E-state index contributed by atoms with van der Waals surface area (Å²) in [7, 11) is 0. The zero-order valence-corrected chi connectivity index (χ0v) is 12.7. The monoisotopic (exact) mass is 303 g/mol. The van der Waals surface area contributed by atoms with E-state index in [1.165, 1.54) is 18.2 Å². The Hall–Kier alpha value is -1.91. The van der Waals surface area contributed by atoms with E-state index < -0.39 is 0 Å². The number of hydrogen-bond donors (Lipinski definition) is 2. The van der Waals surface area contributed by atoms with Gasteiger partial charge in [-0.3, -0.25) is 4.90 Å². The van der Waals surface area contributed by atoms with Crippen LogP contribution in [0.2, 0.25) is 0 Å². The van der Waals surface area contributed by atoms with E-state index in [-0.39, 0.29) is 24.1 Å². The molecule has 0 aromatic heterocycles. The molecule has 0 aliphatic rings. The van der Waals surface area contributed by atoms with Crippen molar-refractivity contribution in [2.45, 2.75) is 20.0 Å². The molecule has 22 heavy (non-hydrogen) atoms. The summed E-state index contributed by atoms with van der Waals surface area (Å²) in [5, 5.41) is 19.2. The lowest BCUT2D eigenvalue weighted by atomic mass is 10.1. The van der Waals surface area contributed by atoms with Crippen LogP contribution < -0.4 is 0 Å². The Morgan fingerprint density at radius 1 is 1.09 bits per heavy atom. The van der Waals surface area contributed by atoms with Crippen molar-refractivity contribution < 1.29 is 14.6 Å². The van der Waals surface area contributed by atoms with Gasteiger partial charge in [-0.1, -0.05) is 37.3 Å². The van der Waals surface area contributed by atoms with Gasteiger partial charge in [0.15, 0.2) is 0 Å². The van der Waals surface area contributed by atoms with Crippen molar-refractivity contribution in [1.82, 2.24) is 4.90 Å². The minimum atomic E-state index is -0.359. The highest BCUT2D eigenvalue weighted by atomic mass is 19.1. The summed E-state index contributed by atoms with van der Waals surface area (Å²) < 4.78 is 13.4. The van der Waals surface area contributed by atoms with E-state index in [0.29, 0.717) is 25.2 Å². The molecule has 0 radical (unpaired) electrons. The van der Waals surface area contributed by atoms with Crippen LogP contribution in [0, 0.1) is 11.7 Å². The van der Waals surface area contributed by atoms with E-state index in [1.54, 1.807) is 0 Å². The third-order valence-corrected chi connectivity index (χ3v) is 3.57. The molecule has 0 fully saturated rings. The Labute approximate surface area is 130 Å². The van der Waals surface area contributed by atoms with Gasteiger partial charge in [0.25, 0.3) is 0 Å². The lowest BCUT2D eigenvalue weighted by molar-refractivity contribution is 0.162. The third kappa shape index (κ3) is 4.83. The number of phenols is 1. The molecule has 0 unspecified atom stereocenters. The summed E-state index contributed by atoms with van der Waals surface area (Å²) >= 11 is 0. The zero-order chi connectivity index (χ0) is 15.9. The molecule has 2 aromatic carbocycles. The fourth-order valence-corrected chi connectivity index (χ4v) is 2.45. The van der Waals surface area contributed by atoms with Gasteiger partial charge in [0.05, 0.1) is 0 Å². The van der Waals surface area contributed by atoms with Crippen LogP contribution in [0.15, 0.2) is 48.5 Å². The first kappa shape index (κ1) is 16.5. The van der Waals surface area contributed by atoms with E-state index in [0.717, 1.165) is 5.56 Å². The fourth-order valence-electron chi connectivity index (χ4n) is 2.45. The van der Waals surface area contributed by atoms with Gasteiger partial charge < -0.3 is 10.2 Å². The maximum atomic E-state index is 13.4. The molecule has 118 valence electrons. The largest absolute Gasteiger partial charge is 0.508 e. The van der Waals surface area contributed by atoms with Crippen LogP contribution in [-0.2, 0) is 13.1 Å². The molecular formula is C18H22FNO2. The van der Waals surface area contributed by atoms with Crippen molar-refractivity contribution >= 4 is 0 Å². The predicted molar refractivity (Wildman–Crippen MR) is 84.9 cm³/mol. The molecule has 0 bridgehead atoms. The number of hydrogen-bond acceptors (Lipinski definition) is 3. The quantitative estimate of drug-likeness (QED) is 0.826. The summed E-state index contributed by atoms with van der Waals surface area (Å²) in [6, 6.07) is 14.0. The molecule has 2 rings (SSSR count). The summed E-state index contributed by atoms with van der Waals surface area (Å²) in [6.07, 6.45) is 0. The van der Waals surface area contributed by atoms with Crippen molar-refractivity contribution in [1.29, 1.82) is 0 Å². The van der Waals surface area contributed by atoms with Gasteiger partial charge in [0.2, 0.25) is 0 Å². The van der Waals surface area contributed by atoms with Gasteiger partial charge in [0, 0.05) is 31.8 Å². The fraction of sp³-hybridized carbons (Fsp3) is 0.333. The minimum Gasteiger partial charge on any atom is -0.508 e. The van der Waals surface area contributed by atoms with Gasteiger partial charge in [-0.15, -0.1) is 0 Å². The van der Waals surface area contributed by atoms with Gasteiger partial charge in [-0.05, 0) is 29.7 Å². The van der Waals surface area contributed by atoms with Crippen LogP contribution in [-0.4, -0.2) is 28.3 Å². The molecular weight excluding hydrogens is 281 g/mol. The first-order valence-corrected chi connectivity index (χ1v) is 7.43. The molecule has 2 N–H and O–H groups in total. The van der Waals surface area contributed by atoms with Gasteiger partial charge in [-0.25, -0.2) is 4.39 Å². The van der Waals surface area contributed by atoms with Crippen molar-refractivity contribution in [2.24, 2.45) is 5.92 Å². The summed E-state index contributed by atoms with van der Waals surface area (Å²) in [4.78, 5) is 2.10. The molecule has 1 atom stereocenters. The number of benzene rings is 2. The molecule has 0 saturated heterocycles. The van der Waals surface area contributed by atoms with E-state index in [2.05, 4.69) is 4.90 Å². The van der Waals surface area contributed by atoms with Crippen LogP contribution in [0.5, 0.6) is 5.75 Å². The van der Waals surface area contributed by atoms with Gasteiger partial charge in [0.1, 0.15) is 11.6 Å². The number of aromatic hydroxyl groups is 1. The highest BCUT2D eigenvalue weighted by Crippen LogP contribution is 2.21. The van der Waals surface area contributed by atoms with Crippen LogP contribution >= 0.6 is 0 Å². The number of phenolic OH excluding ortho intramolecular Hbond substituents is 1. The normalized spacial score (nSPS) is 12.5. The first-order chi connectivity index (χ1) is 10.6. The molecule has 0 aliphatic carbocycles. The Morgan fingerprint density at radius 3 is 2.50 bits per heavy atom. The topological polar surface area (TPSA) is 43.7 Å². The summed E-state index contributed by atoms with van der Waals surface area (Å²) in [5.74, 6) is -0.154. The number of aliphatic hydroxyl groups is 1. The van der Waals surface area contributed by atoms with Crippen molar-refractivity contribution in [2.75, 3.05) is 13.2 Å². The number of rotatable bonds is 7. The minimum absolute atomic E-state index is 0.0936. The second kappa shape index (κ2) is 7.92. The molecule has 3 nitrogen and oxygen atoms in total. The smallest absolute Gasteiger partial charge is 0.123 e. The Bertz CT molecular complexity index is 589.